The van der Waals surface area contributed by atoms with Crippen molar-refractivity contribution in [2.45, 2.75) is 25.8 Å². The molecule has 3 heteroatoms. The van der Waals surface area contributed by atoms with Crippen LogP contribution in [0.2, 0.25) is 0 Å². The molecule has 1 rings (SSSR count). The Kier molecular flexibility index (Phi) is 4.94. The Hall–Kier alpha value is -1.40. The van der Waals surface area contributed by atoms with E-state index >= 15 is 0 Å². The highest BCUT2D eigenvalue weighted by Crippen LogP contribution is 2.21. The van der Waals surface area contributed by atoms with Crippen molar-refractivity contribution in [1.82, 2.24) is 5.32 Å². The first-order valence-electron chi connectivity index (χ1n) is 5.21. The molecule has 1 aromatic carbocycles. The van der Waals surface area contributed by atoms with Crippen LogP contribution in [0.3, 0.4) is 0 Å². The van der Waals surface area contributed by atoms with E-state index in [0.29, 0.717) is 18.4 Å². The van der Waals surface area contributed by atoms with Crippen LogP contribution in [0.15, 0.2) is 18.2 Å². The summed E-state index contributed by atoms with van der Waals surface area (Å²) in [4.78, 5) is 0. The highest BCUT2D eigenvalue weighted by Gasteiger charge is 2.13. The number of benzene rings is 1. The second-order valence-corrected chi connectivity index (χ2v) is 3.47. The fourth-order valence-electron chi connectivity index (χ4n) is 1.58. The van der Waals surface area contributed by atoms with E-state index in [1.165, 1.54) is 6.07 Å². The van der Waals surface area contributed by atoms with Gasteiger partial charge >= 0.3 is 0 Å². The maximum Gasteiger partial charge on any atom is 0.128 e. The summed E-state index contributed by atoms with van der Waals surface area (Å²) in [7, 11) is 1.73. The molecule has 1 nitrogen and oxygen atoms in total. The van der Waals surface area contributed by atoms with Gasteiger partial charge in [0.05, 0.1) is 0 Å². The molecule has 0 saturated carbocycles. The lowest BCUT2D eigenvalue weighted by molar-refractivity contribution is 0.506. The number of hydrogen-bond acceptors (Lipinski definition) is 1. The van der Waals surface area contributed by atoms with Crippen molar-refractivity contribution < 1.29 is 8.78 Å². The summed E-state index contributed by atoms with van der Waals surface area (Å²) in [5.41, 5.74) is 0.361. The fourth-order valence-corrected chi connectivity index (χ4v) is 1.58. The Morgan fingerprint density at radius 1 is 1.38 bits per heavy atom. The molecule has 0 aromatic heterocycles. The third-order valence-corrected chi connectivity index (χ3v) is 2.42. The third-order valence-electron chi connectivity index (χ3n) is 2.42. The summed E-state index contributed by atoms with van der Waals surface area (Å²) >= 11 is 0. The molecular formula is C13H15F2N. The molecule has 86 valence electrons. The second kappa shape index (κ2) is 6.24. The van der Waals surface area contributed by atoms with Crippen molar-refractivity contribution in [1.29, 1.82) is 0 Å². The van der Waals surface area contributed by atoms with Crippen LogP contribution in [0, 0.1) is 23.5 Å². The minimum absolute atomic E-state index is 0.198. The zero-order chi connectivity index (χ0) is 12.0. The first-order chi connectivity index (χ1) is 7.69. The molecule has 0 aliphatic heterocycles. The zero-order valence-electron chi connectivity index (χ0n) is 9.48. The van der Waals surface area contributed by atoms with Crippen LogP contribution in [-0.4, -0.2) is 7.05 Å². The van der Waals surface area contributed by atoms with E-state index in [4.69, 9.17) is 0 Å². The second-order valence-electron chi connectivity index (χ2n) is 3.47. The Labute approximate surface area is 94.9 Å². The van der Waals surface area contributed by atoms with Crippen LogP contribution in [0.5, 0.6) is 0 Å². The van der Waals surface area contributed by atoms with Crippen molar-refractivity contribution in [2.75, 3.05) is 7.05 Å². The predicted molar refractivity (Wildman–Crippen MR) is 60.8 cm³/mol. The Morgan fingerprint density at radius 2 is 2.12 bits per heavy atom. The van der Waals surface area contributed by atoms with Gasteiger partial charge in [0.1, 0.15) is 11.6 Å². The van der Waals surface area contributed by atoms with Crippen LogP contribution in [0.4, 0.5) is 8.78 Å². The highest BCUT2D eigenvalue weighted by molar-refractivity contribution is 5.22. The van der Waals surface area contributed by atoms with Crippen LogP contribution in [0.25, 0.3) is 0 Å². The maximum atomic E-state index is 13.5. The molecule has 0 radical (unpaired) electrons. The Bertz CT molecular complexity index is 404. The average Bonchev–Trinajstić information content (AvgIpc) is 2.28. The number of rotatable bonds is 4. The summed E-state index contributed by atoms with van der Waals surface area (Å²) in [6, 6.07) is 3.31. The van der Waals surface area contributed by atoms with E-state index < -0.39 is 5.82 Å². The average molecular weight is 223 g/mol. The minimum atomic E-state index is -0.418. The van der Waals surface area contributed by atoms with E-state index in [2.05, 4.69) is 17.2 Å². The lowest BCUT2D eigenvalue weighted by Crippen LogP contribution is -2.17. The highest BCUT2D eigenvalue weighted by atomic mass is 19.1. The molecule has 0 heterocycles. The van der Waals surface area contributed by atoms with Gasteiger partial charge in [-0.15, -0.1) is 11.8 Å². The van der Waals surface area contributed by atoms with Gasteiger partial charge in [0.25, 0.3) is 0 Å². The molecule has 16 heavy (non-hydrogen) atoms. The third kappa shape index (κ3) is 3.32. The lowest BCUT2D eigenvalue weighted by atomic mass is 10.0. The largest absolute Gasteiger partial charge is 0.313 e. The van der Waals surface area contributed by atoms with Crippen molar-refractivity contribution in [3.63, 3.8) is 0 Å². The molecule has 0 saturated heterocycles. The van der Waals surface area contributed by atoms with Gasteiger partial charge in [0.2, 0.25) is 0 Å². The molecule has 0 spiro atoms. The molecule has 0 aliphatic carbocycles. The molecule has 1 atom stereocenters. The maximum absolute atomic E-state index is 13.5. The van der Waals surface area contributed by atoms with E-state index in [0.717, 1.165) is 12.1 Å². The van der Waals surface area contributed by atoms with Crippen molar-refractivity contribution >= 4 is 0 Å². The van der Waals surface area contributed by atoms with Crippen molar-refractivity contribution in [3.8, 4) is 11.8 Å². The van der Waals surface area contributed by atoms with Crippen LogP contribution in [0.1, 0.15) is 31.4 Å². The SMILES string of the molecule is CC#CCCC(NC)c1cc(F)ccc1F. The molecular weight excluding hydrogens is 208 g/mol. The van der Waals surface area contributed by atoms with Gasteiger partial charge in [-0.1, -0.05) is 0 Å². The van der Waals surface area contributed by atoms with Gasteiger partial charge in [-0.3, -0.25) is 0 Å². The van der Waals surface area contributed by atoms with E-state index in [1.807, 2.05) is 0 Å². The normalized spacial score (nSPS) is 11.8. The van der Waals surface area contributed by atoms with E-state index in [1.54, 1.807) is 14.0 Å². The van der Waals surface area contributed by atoms with Crippen molar-refractivity contribution in [2.24, 2.45) is 0 Å². The molecule has 0 bridgehead atoms. The first kappa shape index (κ1) is 12.7. The Balaban J connectivity index is 2.84. The molecule has 0 fully saturated rings. The smallest absolute Gasteiger partial charge is 0.128 e. The molecule has 0 aliphatic rings. The van der Waals surface area contributed by atoms with Crippen molar-refractivity contribution in [3.05, 3.63) is 35.4 Å². The molecule has 0 amide bonds. The summed E-state index contributed by atoms with van der Waals surface area (Å²) < 4.78 is 26.5. The van der Waals surface area contributed by atoms with E-state index in [-0.39, 0.29) is 11.9 Å². The monoisotopic (exact) mass is 223 g/mol. The molecule has 1 N–H and O–H groups in total. The first-order valence-corrected chi connectivity index (χ1v) is 5.21. The number of halogens is 2. The zero-order valence-corrected chi connectivity index (χ0v) is 9.48. The quantitative estimate of drug-likeness (QED) is 0.774. The number of hydrogen-bond donors (Lipinski definition) is 1. The van der Waals surface area contributed by atoms with E-state index in [9.17, 15) is 8.78 Å². The fraction of sp³-hybridized carbons (Fsp3) is 0.385. The Morgan fingerprint density at radius 3 is 2.75 bits per heavy atom. The van der Waals surface area contributed by atoms with Gasteiger partial charge in [0, 0.05) is 18.0 Å². The molecule has 1 unspecified atom stereocenters. The predicted octanol–water partition coefficient (Wildman–Crippen LogP) is 3.03. The topological polar surface area (TPSA) is 12.0 Å². The van der Waals surface area contributed by atoms with Gasteiger partial charge < -0.3 is 5.32 Å². The van der Waals surface area contributed by atoms with Crippen LogP contribution < -0.4 is 5.32 Å². The van der Waals surface area contributed by atoms with Gasteiger partial charge in [-0.05, 0) is 38.6 Å². The van der Waals surface area contributed by atoms with Crippen LogP contribution >= 0.6 is 0 Å². The summed E-state index contributed by atoms with van der Waals surface area (Å²) in [6.07, 6.45) is 1.33. The standard InChI is InChI=1S/C13H15F2N/c1-3-4-5-6-13(16-2)11-9-10(14)7-8-12(11)15/h7-9,13,16H,5-6H2,1-2H3. The summed E-state index contributed by atoms with van der Waals surface area (Å²) in [5.74, 6) is 4.89. The number of nitrogens with one attached hydrogen (secondary N) is 1. The summed E-state index contributed by atoms with van der Waals surface area (Å²) in [6.45, 7) is 1.76. The lowest BCUT2D eigenvalue weighted by Gasteiger charge is -2.16. The van der Waals surface area contributed by atoms with Crippen LogP contribution in [-0.2, 0) is 0 Å². The minimum Gasteiger partial charge on any atom is -0.313 e. The van der Waals surface area contributed by atoms with Gasteiger partial charge in [-0.25, -0.2) is 8.78 Å². The van der Waals surface area contributed by atoms with Gasteiger partial charge in [0.15, 0.2) is 0 Å². The molecule has 1 aromatic rings. The summed E-state index contributed by atoms with van der Waals surface area (Å²) in [5, 5.41) is 2.97. The van der Waals surface area contributed by atoms with Gasteiger partial charge in [-0.2, -0.15) is 0 Å².